The van der Waals surface area contributed by atoms with Crippen molar-refractivity contribution in [2.45, 2.75) is 122 Å². The third-order valence-corrected chi connectivity index (χ3v) is 12.0. The summed E-state index contributed by atoms with van der Waals surface area (Å²) in [6.45, 7) is 7.08. The molecule has 12 atom stereocenters. The highest BCUT2D eigenvalue weighted by molar-refractivity contribution is 5.91. The normalized spacial score (nSPS) is 35.0. The third-order valence-electron chi connectivity index (χ3n) is 12.0. The van der Waals surface area contributed by atoms with E-state index in [1.807, 2.05) is 0 Å². The molecule has 1 spiro atoms. The maximum Gasteiger partial charge on any atom is 0.340 e. The monoisotopic (exact) mass is 868 g/mol. The molecule has 3 fully saturated rings. The average Bonchev–Trinajstić information content (AvgIpc) is 3.41. The summed E-state index contributed by atoms with van der Waals surface area (Å²) in [6, 6.07) is 5.67. The summed E-state index contributed by atoms with van der Waals surface area (Å²) in [5.74, 6) is -10.8. The van der Waals surface area contributed by atoms with Crippen molar-refractivity contribution in [2.75, 3.05) is 13.2 Å². The molecule has 2 saturated carbocycles. The largest absolute Gasteiger partial charge is 0.465 e. The molecule has 20 heteroatoms. The maximum atomic E-state index is 14.4. The Morgan fingerprint density at radius 2 is 1.42 bits per heavy atom. The number of rotatable bonds is 8. The minimum absolute atomic E-state index is 0.0174. The van der Waals surface area contributed by atoms with Gasteiger partial charge in [0.15, 0.2) is 30.0 Å². The molecule has 2 aliphatic heterocycles. The van der Waals surface area contributed by atoms with Gasteiger partial charge in [-0.25, -0.2) is 9.59 Å². The number of ether oxygens (including phenoxy) is 9. The van der Waals surface area contributed by atoms with Crippen LogP contribution in [0.2, 0.25) is 0 Å². The number of esters is 8. The molecule has 6 rings (SSSR count). The minimum Gasteiger partial charge on any atom is -0.465 e. The Balaban J connectivity index is 1.79. The van der Waals surface area contributed by atoms with Crippen LogP contribution in [-0.4, -0.2) is 129 Å². The van der Waals surface area contributed by atoms with Gasteiger partial charge in [0.1, 0.15) is 42.0 Å². The molecule has 4 bridgehead atoms. The molecule has 4 heterocycles. The van der Waals surface area contributed by atoms with Crippen molar-refractivity contribution < 1.29 is 86.1 Å². The Bertz CT molecular complexity index is 2140. The van der Waals surface area contributed by atoms with E-state index in [9.17, 15) is 43.5 Å². The van der Waals surface area contributed by atoms with Crippen LogP contribution in [0.15, 0.2) is 42.9 Å². The molecule has 12 unspecified atom stereocenters. The van der Waals surface area contributed by atoms with Gasteiger partial charge >= 0.3 is 47.8 Å². The van der Waals surface area contributed by atoms with Gasteiger partial charge in [-0.05, 0) is 51.0 Å². The van der Waals surface area contributed by atoms with Crippen LogP contribution in [0.25, 0.3) is 0 Å². The maximum absolute atomic E-state index is 14.4. The molecule has 62 heavy (non-hydrogen) atoms. The van der Waals surface area contributed by atoms with Gasteiger partial charge < -0.3 is 47.7 Å². The first-order chi connectivity index (χ1) is 29.1. The Labute approximate surface area is 355 Å². The van der Waals surface area contributed by atoms with Gasteiger partial charge in [0, 0.05) is 53.2 Å². The van der Waals surface area contributed by atoms with Crippen LogP contribution in [0, 0.1) is 17.3 Å². The van der Waals surface area contributed by atoms with Gasteiger partial charge in [0.05, 0.1) is 28.7 Å². The highest BCUT2D eigenvalue weighted by Gasteiger charge is 2.92. The van der Waals surface area contributed by atoms with Crippen LogP contribution < -0.4 is 0 Å². The molecular weight excluding hydrogens is 820 g/mol. The van der Waals surface area contributed by atoms with Gasteiger partial charge in [-0.3, -0.25) is 38.7 Å². The molecule has 0 aromatic carbocycles. The number of hydrogen-bond donors (Lipinski definition) is 1. The fourth-order valence-electron chi connectivity index (χ4n) is 9.65. The Morgan fingerprint density at radius 1 is 0.806 bits per heavy atom. The number of carbonyl (C=O) groups excluding carboxylic acids is 8. The quantitative estimate of drug-likeness (QED) is 0.291. The topological polar surface area (TPSA) is 266 Å². The lowest BCUT2D eigenvalue weighted by atomic mass is 9.45. The first-order valence-corrected chi connectivity index (χ1v) is 19.8. The van der Waals surface area contributed by atoms with Gasteiger partial charge in [-0.15, -0.1) is 0 Å². The summed E-state index contributed by atoms with van der Waals surface area (Å²) in [7, 11) is 0. The van der Waals surface area contributed by atoms with Crippen molar-refractivity contribution in [1.29, 1.82) is 0 Å². The molecular formula is C42H48N2O18. The smallest absolute Gasteiger partial charge is 0.340 e. The molecule has 4 aliphatic rings. The van der Waals surface area contributed by atoms with E-state index in [4.69, 9.17) is 42.6 Å². The lowest BCUT2D eigenvalue weighted by Gasteiger charge is -2.67. The van der Waals surface area contributed by atoms with E-state index in [1.54, 1.807) is 0 Å². The van der Waals surface area contributed by atoms with Gasteiger partial charge in [0.2, 0.25) is 0 Å². The fourth-order valence-corrected chi connectivity index (χ4v) is 9.65. The third kappa shape index (κ3) is 7.73. The number of carbonyl (C=O) groups is 8. The highest BCUT2D eigenvalue weighted by atomic mass is 16.7. The van der Waals surface area contributed by atoms with E-state index in [0.717, 1.165) is 47.7 Å². The molecule has 334 valence electrons. The number of aliphatic hydroxyl groups is 1. The summed E-state index contributed by atoms with van der Waals surface area (Å²) in [5.41, 5.74) is -10.3. The van der Waals surface area contributed by atoms with E-state index < -0.39 is 132 Å². The first-order valence-electron chi connectivity index (χ1n) is 19.8. The van der Waals surface area contributed by atoms with Crippen LogP contribution in [-0.2, 0) is 77.8 Å². The second kappa shape index (κ2) is 17.0. The second-order valence-corrected chi connectivity index (χ2v) is 16.3. The van der Waals surface area contributed by atoms with Crippen LogP contribution >= 0.6 is 0 Å². The van der Waals surface area contributed by atoms with Crippen molar-refractivity contribution in [3.8, 4) is 0 Å². The Kier molecular flexibility index (Phi) is 12.5. The summed E-state index contributed by atoms with van der Waals surface area (Å²) in [6.07, 6.45) is -8.27. The Hall–Kier alpha value is -6.02. The molecule has 0 amide bonds. The van der Waals surface area contributed by atoms with Crippen LogP contribution in [0.3, 0.4) is 0 Å². The zero-order valence-electron chi connectivity index (χ0n) is 35.3. The van der Waals surface area contributed by atoms with Gasteiger partial charge in [-0.1, -0.05) is 6.92 Å². The Morgan fingerprint density at radius 3 is 2.03 bits per heavy atom. The average molecular weight is 869 g/mol. The SMILES string of the molecule is CC(=O)OCC12C(OC(C)=O)C(OC(C)=O)C3C(OC(C)=O)C14OC3(C)COC(=O)c1cccnc1CCC(C)C(=O)OC(C(OC(C)=O)C2OC(=O)c1cccnc1)C4(C)O. The van der Waals surface area contributed by atoms with E-state index in [1.165, 1.54) is 50.5 Å². The zero-order chi connectivity index (χ0) is 45.5. The standard InChI is InChI=1S/C42H48N2O18/c1-20-13-14-28-27(12-10-16-44-28)38(52)55-18-39(7)29-30(56-22(3)46)34(59-25(6)49)41(19-54-21(2)45)35(61-37(51)26-11-9-15-43-17-26)31(57-23(4)47)33(60-36(20)50)40(8,53)42(41,62-39)32(29)58-24(5)48/h9-12,15-17,20,29-35,53H,13-14,18-19H2,1-8H3. The van der Waals surface area contributed by atoms with Crippen molar-refractivity contribution in [1.82, 2.24) is 9.97 Å². The second-order valence-electron chi connectivity index (χ2n) is 16.3. The first kappa shape index (κ1) is 45.5. The van der Waals surface area contributed by atoms with E-state index in [0.29, 0.717) is 0 Å². The number of pyridine rings is 2. The fraction of sp³-hybridized carbons (Fsp3) is 0.571. The summed E-state index contributed by atoms with van der Waals surface area (Å²) in [4.78, 5) is 117. The number of fused-ring (bicyclic) bond motifs is 5. The summed E-state index contributed by atoms with van der Waals surface area (Å²) >= 11 is 0. The van der Waals surface area contributed by atoms with Crippen molar-refractivity contribution in [3.63, 3.8) is 0 Å². The number of nitrogens with zero attached hydrogens (tertiary/aromatic N) is 2. The molecule has 2 aliphatic carbocycles. The minimum atomic E-state index is -2.86. The van der Waals surface area contributed by atoms with Crippen LogP contribution in [0.5, 0.6) is 0 Å². The lowest BCUT2D eigenvalue weighted by Crippen LogP contribution is -2.89. The van der Waals surface area contributed by atoms with Gasteiger partial charge in [-0.2, -0.15) is 0 Å². The molecule has 0 radical (unpaired) electrons. The van der Waals surface area contributed by atoms with Crippen molar-refractivity contribution in [3.05, 3.63) is 59.7 Å². The number of hydrogen-bond acceptors (Lipinski definition) is 20. The molecule has 20 nitrogen and oxygen atoms in total. The zero-order valence-corrected chi connectivity index (χ0v) is 35.3. The van der Waals surface area contributed by atoms with Crippen LogP contribution in [0.4, 0.5) is 0 Å². The predicted molar refractivity (Wildman–Crippen MR) is 203 cm³/mol. The van der Waals surface area contributed by atoms with Crippen LogP contribution in [0.1, 0.15) is 88.2 Å². The molecule has 2 aromatic rings. The molecule has 1 N–H and O–H groups in total. The van der Waals surface area contributed by atoms with Gasteiger partial charge in [0.25, 0.3) is 0 Å². The molecule has 2 aromatic heterocycles. The predicted octanol–water partition coefficient (Wildman–Crippen LogP) is 1.55. The highest BCUT2D eigenvalue weighted by Crippen LogP contribution is 2.70. The lowest BCUT2D eigenvalue weighted by molar-refractivity contribution is -0.385. The molecule has 1 saturated heterocycles. The summed E-state index contributed by atoms with van der Waals surface area (Å²) < 4.78 is 55.3. The number of aryl methyl sites for hydroxylation is 1. The van der Waals surface area contributed by atoms with Crippen molar-refractivity contribution >= 4 is 47.8 Å². The number of cyclic esters (lactones) is 1. The number of aromatic nitrogens is 2. The summed E-state index contributed by atoms with van der Waals surface area (Å²) in [5, 5.41) is 13.6. The van der Waals surface area contributed by atoms with E-state index in [2.05, 4.69) is 9.97 Å². The van der Waals surface area contributed by atoms with E-state index in [-0.39, 0.29) is 29.7 Å². The van der Waals surface area contributed by atoms with E-state index >= 15 is 0 Å². The van der Waals surface area contributed by atoms with Crippen molar-refractivity contribution in [2.24, 2.45) is 17.3 Å².